The number of nitrogens with one attached hydrogen (secondary N) is 1. The normalized spacial score (nSPS) is 14.1. The van der Waals surface area contributed by atoms with E-state index in [0.29, 0.717) is 0 Å². The molecule has 0 aliphatic carbocycles. The van der Waals surface area contributed by atoms with Crippen LogP contribution < -0.4 is 5.32 Å². The molecule has 0 saturated heterocycles. The van der Waals surface area contributed by atoms with Gasteiger partial charge in [0.1, 0.15) is 0 Å². The second-order valence-corrected chi connectivity index (χ2v) is 4.97. The van der Waals surface area contributed by atoms with Crippen molar-refractivity contribution >= 4 is 11.6 Å². The molecule has 1 N–H and O–H groups in total. The first kappa shape index (κ1) is 14.0. The van der Waals surface area contributed by atoms with E-state index >= 15 is 0 Å². The van der Waals surface area contributed by atoms with Gasteiger partial charge in [-0.2, -0.15) is 0 Å². The molecule has 1 aromatic carbocycles. The highest BCUT2D eigenvalue weighted by Crippen LogP contribution is 2.22. The van der Waals surface area contributed by atoms with E-state index in [2.05, 4.69) is 41.3 Å². The van der Waals surface area contributed by atoms with Gasteiger partial charge < -0.3 is 5.32 Å². The lowest BCUT2D eigenvalue weighted by molar-refractivity contribution is 0.449. The average Bonchev–Trinajstić information content (AvgIpc) is 2.46. The van der Waals surface area contributed by atoms with Crippen LogP contribution in [0.25, 0.3) is 0 Å². The molecule has 0 aliphatic rings. The van der Waals surface area contributed by atoms with Crippen molar-refractivity contribution in [2.75, 3.05) is 0 Å². The largest absolute Gasteiger partial charge is 0.302 e. The van der Waals surface area contributed by atoms with Gasteiger partial charge in [0.25, 0.3) is 0 Å². The summed E-state index contributed by atoms with van der Waals surface area (Å²) in [4.78, 5) is 8.43. The molecular weight excluding hydrogens is 258 g/mol. The predicted molar refractivity (Wildman–Crippen MR) is 78.1 cm³/mol. The van der Waals surface area contributed by atoms with Gasteiger partial charge in [0.15, 0.2) is 0 Å². The Labute approximate surface area is 119 Å². The van der Waals surface area contributed by atoms with Crippen molar-refractivity contribution in [1.29, 1.82) is 0 Å². The molecule has 2 aromatic rings. The van der Waals surface area contributed by atoms with Crippen LogP contribution in [-0.2, 0) is 0 Å². The fourth-order valence-corrected chi connectivity index (χ4v) is 2.19. The third-order valence-corrected chi connectivity index (χ3v) is 3.41. The van der Waals surface area contributed by atoms with Gasteiger partial charge in [0.05, 0.1) is 5.69 Å². The Bertz CT molecular complexity index is 499. The standard InChI is InChI=1S/C15H18ClN3/c1-3-14(12-4-6-13(16)7-5-12)19-11(2)15-10-17-8-9-18-15/h4-11,14,19H,3H2,1-2H3. The first-order chi connectivity index (χ1) is 9.20. The molecule has 0 bridgehead atoms. The van der Waals surface area contributed by atoms with Crippen LogP contribution >= 0.6 is 11.6 Å². The average molecular weight is 276 g/mol. The molecule has 2 atom stereocenters. The predicted octanol–water partition coefficient (Wildman–Crippen LogP) is 3.93. The number of hydrogen-bond acceptors (Lipinski definition) is 3. The Morgan fingerprint density at radius 1 is 1.21 bits per heavy atom. The molecule has 4 heteroatoms. The van der Waals surface area contributed by atoms with Crippen LogP contribution in [0, 0.1) is 0 Å². The van der Waals surface area contributed by atoms with E-state index < -0.39 is 0 Å². The van der Waals surface area contributed by atoms with Gasteiger partial charge >= 0.3 is 0 Å². The first-order valence-electron chi connectivity index (χ1n) is 6.48. The van der Waals surface area contributed by atoms with Gasteiger partial charge in [-0.1, -0.05) is 30.7 Å². The summed E-state index contributed by atoms with van der Waals surface area (Å²) >= 11 is 5.92. The van der Waals surface area contributed by atoms with Crippen LogP contribution in [0.1, 0.15) is 43.6 Å². The topological polar surface area (TPSA) is 37.8 Å². The second-order valence-electron chi connectivity index (χ2n) is 4.53. The zero-order chi connectivity index (χ0) is 13.7. The van der Waals surface area contributed by atoms with Gasteiger partial charge in [0.2, 0.25) is 0 Å². The fraction of sp³-hybridized carbons (Fsp3) is 0.333. The number of benzene rings is 1. The molecule has 2 rings (SSSR count). The molecule has 100 valence electrons. The SMILES string of the molecule is CCC(NC(C)c1cnccn1)c1ccc(Cl)cc1. The maximum Gasteiger partial charge on any atom is 0.0753 e. The second kappa shape index (κ2) is 6.64. The van der Waals surface area contributed by atoms with Crippen LogP contribution in [0.5, 0.6) is 0 Å². The van der Waals surface area contributed by atoms with E-state index in [1.165, 1.54) is 5.56 Å². The van der Waals surface area contributed by atoms with Gasteiger partial charge in [-0.25, -0.2) is 0 Å². The van der Waals surface area contributed by atoms with Crippen LogP contribution in [0.3, 0.4) is 0 Å². The van der Waals surface area contributed by atoms with E-state index in [-0.39, 0.29) is 12.1 Å². The molecule has 0 fully saturated rings. The maximum absolute atomic E-state index is 5.92. The Balaban J connectivity index is 2.09. The van der Waals surface area contributed by atoms with Crippen LogP contribution in [0.15, 0.2) is 42.9 Å². The summed E-state index contributed by atoms with van der Waals surface area (Å²) in [6.07, 6.45) is 6.21. The molecule has 2 unspecified atom stereocenters. The summed E-state index contributed by atoms with van der Waals surface area (Å²) in [5.41, 5.74) is 2.19. The van der Waals surface area contributed by atoms with Gasteiger partial charge in [-0.05, 0) is 31.0 Å². The monoisotopic (exact) mass is 275 g/mol. The van der Waals surface area contributed by atoms with Crippen molar-refractivity contribution in [1.82, 2.24) is 15.3 Å². The smallest absolute Gasteiger partial charge is 0.0753 e. The summed E-state index contributed by atoms with van der Waals surface area (Å²) < 4.78 is 0. The van der Waals surface area contributed by atoms with E-state index in [1.807, 2.05) is 12.1 Å². The highest BCUT2D eigenvalue weighted by molar-refractivity contribution is 6.30. The number of aromatic nitrogens is 2. The molecule has 0 radical (unpaired) electrons. The summed E-state index contributed by atoms with van der Waals surface area (Å²) in [5, 5.41) is 4.34. The summed E-state index contributed by atoms with van der Waals surface area (Å²) in [5.74, 6) is 0. The zero-order valence-electron chi connectivity index (χ0n) is 11.2. The zero-order valence-corrected chi connectivity index (χ0v) is 11.9. The van der Waals surface area contributed by atoms with Crippen molar-refractivity contribution in [2.45, 2.75) is 32.4 Å². The minimum absolute atomic E-state index is 0.161. The van der Waals surface area contributed by atoms with Crippen LogP contribution in [-0.4, -0.2) is 9.97 Å². The van der Waals surface area contributed by atoms with E-state index in [9.17, 15) is 0 Å². The van der Waals surface area contributed by atoms with Crippen molar-refractivity contribution < 1.29 is 0 Å². The highest BCUT2D eigenvalue weighted by Gasteiger charge is 2.14. The Morgan fingerprint density at radius 3 is 2.53 bits per heavy atom. The molecule has 0 saturated carbocycles. The molecular formula is C15H18ClN3. The van der Waals surface area contributed by atoms with Crippen molar-refractivity contribution in [3.8, 4) is 0 Å². The lowest BCUT2D eigenvalue weighted by atomic mass is 10.0. The highest BCUT2D eigenvalue weighted by atomic mass is 35.5. The van der Waals surface area contributed by atoms with Crippen molar-refractivity contribution in [2.24, 2.45) is 0 Å². The third kappa shape index (κ3) is 3.75. The third-order valence-electron chi connectivity index (χ3n) is 3.16. The molecule has 19 heavy (non-hydrogen) atoms. The number of halogens is 1. The fourth-order valence-electron chi connectivity index (χ4n) is 2.07. The molecule has 0 amide bonds. The van der Waals surface area contributed by atoms with Gasteiger partial charge in [0, 0.05) is 35.7 Å². The van der Waals surface area contributed by atoms with Crippen molar-refractivity contribution in [3.05, 3.63) is 59.1 Å². The van der Waals surface area contributed by atoms with E-state index in [0.717, 1.165) is 17.1 Å². The minimum atomic E-state index is 0.161. The minimum Gasteiger partial charge on any atom is -0.302 e. The van der Waals surface area contributed by atoms with Gasteiger partial charge in [-0.3, -0.25) is 9.97 Å². The van der Waals surface area contributed by atoms with Crippen molar-refractivity contribution in [3.63, 3.8) is 0 Å². The quantitative estimate of drug-likeness (QED) is 0.898. The lowest BCUT2D eigenvalue weighted by Crippen LogP contribution is -2.24. The Hall–Kier alpha value is -1.45. The molecule has 0 aliphatic heterocycles. The number of rotatable bonds is 5. The Kier molecular flexibility index (Phi) is 4.88. The summed E-state index contributed by atoms with van der Waals surface area (Å²) in [7, 11) is 0. The maximum atomic E-state index is 5.92. The van der Waals surface area contributed by atoms with Crippen LogP contribution in [0.2, 0.25) is 5.02 Å². The number of hydrogen-bond donors (Lipinski definition) is 1. The summed E-state index contributed by atoms with van der Waals surface area (Å²) in [6, 6.07) is 8.42. The number of nitrogens with zero attached hydrogens (tertiary/aromatic N) is 2. The van der Waals surface area contributed by atoms with E-state index in [4.69, 9.17) is 11.6 Å². The lowest BCUT2D eigenvalue weighted by Gasteiger charge is -2.22. The Morgan fingerprint density at radius 2 is 1.95 bits per heavy atom. The first-order valence-corrected chi connectivity index (χ1v) is 6.86. The van der Waals surface area contributed by atoms with Gasteiger partial charge in [-0.15, -0.1) is 0 Å². The van der Waals surface area contributed by atoms with E-state index in [1.54, 1.807) is 18.6 Å². The van der Waals surface area contributed by atoms with Crippen LogP contribution in [0.4, 0.5) is 0 Å². The molecule has 3 nitrogen and oxygen atoms in total. The molecule has 1 aromatic heterocycles. The summed E-state index contributed by atoms with van der Waals surface area (Å²) in [6.45, 7) is 4.26. The molecule has 0 spiro atoms. The molecule has 1 heterocycles.